The fourth-order valence-corrected chi connectivity index (χ4v) is 2.58. The molecule has 5 nitrogen and oxygen atoms in total. The highest BCUT2D eigenvalue weighted by Gasteiger charge is 2.32. The molecule has 1 aromatic rings. The van der Waals surface area contributed by atoms with Crippen molar-refractivity contribution in [2.45, 2.75) is 18.8 Å². The molecule has 0 spiro atoms. The summed E-state index contributed by atoms with van der Waals surface area (Å²) in [6, 6.07) is 0. The second-order valence-corrected chi connectivity index (χ2v) is 4.81. The largest absolute Gasteiger partial charge is 0.377 e. The maximum absolute atomic E-state index is 5.60. The van der Waals surface area contributed by atoms with E-state index >= 15 is 0 Å². The highest BCUT2D eigenvalue weighted by molar-refractivity contribution is 7.13. The number of thiazole rings is 1. The van der Waals surface area contributed by atoms with E-state index in [4.69, 9.17) is 15.2 Å². The molecule has 0 bridgehead atoms. The molecule has 0 radical (unpaired) electrons. The summed E-state index contributed by atoms with van der Waals surface area (Å²) >= 11 is 1.48. The van der Waals surface area contributed by atoms with Crippen LogP contribution in [0.25, 0.3) is 0 Å². The highest BCUT2D eigenvalue weighted by Crippen LogP contribution is 2.19. The first-order valence-corrected chi connectivity index (χ1v) is 6.08. The smallest absolute Gasteiger partial charge is 0.180 e. The van der Waals surface area contributed by atoms with E-state index in [1.807, 2.05) is 5.38 Å². The average molecular weight is 243 g/mol. The number of aromatic nitrogens is 1. The summed E-state index contributed by atoms with van der Waals surface area (Å²) in [4.78, 5) is 6.52. The van der Waals surface area contributed by atoms with E-state index in [0.717, 1.165) is 25.3 Å². The third-order valence-corrected chi connectivity index (χ3v) is 3.57. The van der Waals surface area contributed by atoms with Crippen molar-refractivity contribution in [3.05, 3.63) is 11.1 Å². The number of nitrogen functional groups attached to an aromatic ring is 1. The van der Waals surface area contributed by atoms with Crippen LogP contribution in [0.1, 0.15) is 5.69 Å². The molecule has 2 heterocycles. The van der Waals surface area contributed by atoms with Crippen molar-refractivity contribution in [2.24, 2.45) is 0 Å². The number of nitrogens with two attached hydrogens (primary N) is 1. The average Bonchev–Trinajstić information content (AvgIpc) is 2.85. The van der Waals surface area contributed by atoms with Gasteiger partial charge < -0.3 is 15.2 Å². The van der Waals surface area contributed by atoms with Gasteiger partial charge in [-0.3, -0.25) is 4.90 Å². The van der Waals surface area contributed by atoms with Crippen LogP contribution in [0, 0.1) is 0 Å². The lowest BCUT2D eigenvalue weighted by Crippen LogP contribution is -2.27. The minimum Gasteiger partial charge on any atom is -0.377 e. The monoisotopic (exact) mass is 243 g/mol. The van der Waals surface area contributed by atoms with Gasteiger partial charge in [-0.2, -0.15) is 0 Å². The van der Waals surface area contributed by atoms with Crippen LogP contribution in [-0.4, -0.2) is 49.4 Å². The quantitative estimate of drug-likeness (QED) is 0.838. The van der Waals surface area contributed by atoms with E-state index in [0.29, 0.717) is 5.13 Å². The Morgan fingerprint density at radius 2 is 2.06 bits per heavy atom. The molecule has 0 aliphatic carbocycles. The predicted molar refractivity (Wildman–Crippen MR) is 63.4 cm³/mol. The Morgan fingerprint density at radius 1 is 1.44 bits per heavy atom. The number of hydrogen-bond donors (Lipinski definition) is 1. The SMILES string of the molecule is COC1CN(Cc2csc(N)n2)CC1OC. The van der Waals surface area contributed by atoms with Gasteiger partial charge in [-0.25, -0.2) is 4.98 Å². The molecule has 0 aromatic carbocycles. The molecule has 2 atom stereocenters. The lowest BCUT2D eigenvalue weighted by Gasteiger charge is -2.13. The molecule has 1 fully saturated rings. The second-order valence-electron chi connectivity index (χ2n) is 3.92. The Balaban J connectivity index is 1.92. The van der Waals surface area contributed by atoms with Gasteiger partial charge in [0.25, 0.3) is 0 Å². The van der Waals surface area contributed by atoms with E-state index in [2.05, 4.69) is 9.88 Å². The molecule has 6 heteroatoms. The molecule has 0 saturated carbocycles. The van der Waals surface area contributed by atoms with Gasteiger partial charge in [0.2, 0.25) is 0 Å². The van der Waals surface area contributed by atoms with Crippen LogP contribution in [-0.2, 0) is 16.0 Å². The molecule has 16 heavy (non-hydrogen) atoms. The number of nitrogens with zero attached hydrogens (tertiary/aromatic N) is 2. The van der Waals surface area contributed by atoms with Gasteiger partial charge in [0.05, 0.1) is 17.9 Å². The molecule has 1 aliphatic heterocycles. The normalized spacial score (nSPS) is 26.4. The van der Waals surface area contributed by atoms with Crippen LogP contribution in [0.3, 0.4) is 0 Å². The number of hydrogen-bond acceptors (Lipinski definition) is 6. The first-order chi connectivity index (χ1) is 7.72. The molecule has 1 aliphatic rings. The highest BCUT2D eigenvalue weighted by atomic mass is 32.1. The van der Waals surface area contributed by atoms with Crippen molar-refractivity contribution in [1.29, 1.82) is 0 Å². The minimum atomic E-state index is 0.154. The number of anilines is 1. The summed E-state index contributed by atoms with van der Waals surface area (Å²) in [5.41, 5.74) is 6.62. The van der Waals surface area contributed by atoms with Crippen molar-refractivity contribution >= 4 is 16.5 Å². The lowest BCUT2D eigenvalue weighted by atomic mass is 10.3. The summed E-state index contributed by atoms with van der Waals surface area (Å²) in [5, 5.41) is 2.62. The summed E-state index contributed by atoms with van der Waals surface area (Å²) in [6.07, 6.45) is 0.307. The molecule has 1 saturated heterocycles. The Kier molecular flexibility index (Phi) is 3.75. The molecule has 2 N–H and O–H groups in total. The van der Waals surface area contributed by atoms with Gasteiger partial charge in [0.15, 0.2) is 5.13 Å². The fraction of sp³-hybridized carbons (Fsp3) is 0.700. The van der Waals surface area contributed by atoms with Crippen molar-refractivity contribution in [2.75, 3.05) is 33.0 Å². The zero-order valence-corrected chi connectivity index (χ0v) is 10.4. The molecule has 2 rings (SSSR count). The van der Waals surface area contributed by atoms with Crippen LogP contribution in [0.15, 0.2) is 5.38 Å². The minimum absolute atomic E-state index is 0.154. The molecule has 0 amide bonds. The number of rotatable bonds is 4. The maximum atomic E-state index is 5.60. The van der Waals surface area contributed by atoms with E-state index < -0.39 is 0 Å². The van der Waals surface area contributed by atoms with Gasteiger partial charge in [-0.15, -0.1) is 11.3 Å². The fourth-order valence-electron chi connectivity index (χ4n) is 2.02. The standard InChI is InChI=1S/C10H17N3O2S/c1-14-8-4-13(5-9(8)15-2)3-7-6-16-10(11)12-7/h6,8-9H,3-5H2,1-2H3,(H2,11,12). The molecule has 1 aromatic heterocycles. The Hall–Kier alpha value is -0.690. The van der Waals surface area contributed by atoms with E-state index in [1.165, 1.54) is 11.3 Å². The van der Waals surface area contributed by atoms with Crippen LogP contribution >= 0.6 is 11.3 Å². The molecule has 90 valence electrons. The first-order valence-electron chi connectivity index (χ1n) is 5.20. The molecule has 2 unspecified atom stereocenters. The van der Waals surface area contributed by atoms with Crippen LogP contribution in [0.5, 0.6) is 0 Å². The van der Waals surface area contributed by atoms with E-state index in [9.17, 15) is 0 Å². The zero-order valence-electron chi connectivity index (χ0n) is 9.55. The topological polar surface area (TPSA) is 60.6 Å². The van der Waals surface area contributed by atoms with E-state index in [1.54, 1.807) is 14.2 Å². The Bertz CT molecular complexity index is 333. The van der Waals surface area contributed by atoms with E-state index in [-0.39, 0.29) is 12.2 Å². The summed E-state index contributed by atoms with van der Waals surface area (Å²) in [7, 11) is 3.45. The van der Waals surface area contributed by atoms with Crippen molar-refractivity contribution in [1.82, 2.24) is 9.88 Å². The number of likely N-dealkylation sites (tertiary alicyclic amines) is 1. The van der Waals surface area contributed by atoms with Crippen molar-refractivity contribution in [3.8, 4) is 0 Å². The Labute approximate surface area is 99.2 Å². The van der Waals surface area contributed by atoms with Gasteiger partial charge in [0, 0.05) is 39.2 Å². The van der Waals surface area contributed by atoms with Crippen LogP contribution < -0.4 is 5.73 Å². The summed E-state index contributed by atoms with van der Waals surface area (Å²) < 4.78 is 10.8. The number of methoxy groups -OCH3 is 2. The Morgan fingerprint density at radius 3 is 2.50 bits per heavy atom. The third-order valence-electron chi connectivity index (χ3n) is 2.85. The van der Waals surface area contributed by atoms with Crippen LogP contribution in [0.2, 0.25) is 0 Å². The zero-order chi connectivity index (χ0) is 11.5. The summed E-state index contributed by atoms with van der Waals surface area (Å²) in [6.45, 7) is 2.58. The predicted octanol–water partition coefficient (Wildman–Crippen LogP) is 0.571. The van der Waals surface area contributed by atoms with Gasteiger partial charge >= 0.3 is 0 Å². The lowest BCUT2D eigenvalue weighted by molar-refractivity contribution is -0.00461. The third kappa shape index (κ3) is 2.52. The number of ether oxygens (including phenoxy) is 2. The maximum Gasteiger partial charge on any atom is 0.180 e. The molecular weight excluding hydrogens is 226 g/mol. The summed E-state index contributed by atoms with van der Waals surface area (Å²) in [5.74, 6) is 0. The first kappa shape index (κ1) is 11.8. The van der Waals surface area contributed by atoms with Gasteiger partial charge in [0.1, 0.15) is 0 Å². The van der Waals surface area contributed by atoms with Gasteiger partial charge in [-0.05, 0) is 0 Å². The van der Waals surface area contributed by atoms with Crippen molar-refractivity contribution < 1.29 is 9.47 Å². The molecular formula is C10H17N3O2S. The van der Waals surface area contributed by atoms with Crippen molar-refractivity contribution in [3.63, 3.8) is 0 Å². The van der Waals surface area contributed by atoms with Gasteiger partial charge in [-0.1, -0.05) is 0 Å². The second kappa shape index (κ2) is 5.09. The van der Waals surface area contributed by atoms with Crippen LogP contribution in [0.4, 0.5) is 5.13 Å².